The molecule has 16 heavy (non-hydrogen) atoms. The molecule has 0 atom stereocenters. The molecular formula is C7H10IN3O4S. The van der Waals surface area contributed by atoms with Crippen molar-refractivity contribution >= 4 is 32.6 Å². The summed E-state index contributed by atoms with van der Waals surface area (Å²) >= 11 is 1.76. The maximum Gasteiger partial charge on any atom is 0.329 e. The fraction of sp³-hybridized carbons (Fsp3) is 0.429. The minimum absolute atomic E-state index is 0.134. The monoisotopic (exact) mass is 359 g/mol. The van der Waals surface area contributed by atoms with Crippen LogP contribution in [0.4, 0.5) is 0 Å². The lowest BCUT2D eigenvalue weighted by Gasteiger charge is -2.15. The van der Waals surface area contributed by atoms with E-state index in [0.717, 1.165) is 15.1 Å². The van der Waals surface area contributed by atoms with Crippen molar-refractivity contribution in [1.82, 2.24) is 13.9 Å². The van der Waals surface area contributed by atoms with Crippen LogP contribution in [0.25, 0.3) is 0 Å². The average molecular weight is 359 g/mol. The van der Waals surface area contributed by atoms with E-state index in [0.29, 0.717) is 3.57 Å². The van der Waals surface area contributed by atoms with E-state index in [1.54, 1.807) is 22.6 Å². The number of hydrogen-bond acceptors (Lipinski definition) is 4. The van der Waals surface area contributed by atoms with Gasteiger partial charge in [-0.1, -0.05) is 0 Å². The molecule has 1 aromatic heterocycles. The number of sulfonamides is 1. The zero-order valence-electron chi connectivity index (χ0n) is 8.60. The third-order valence-corrected chi connectivity index (χ3v) is 3.90. The summed E-state index contributed by atoms with van der Waals surface area (Å²) in [7, 11) is -2.01. The molecule has 9 heteroatoms. The Hall–Kier alpha value is -0.680. The van der Waals surface area contributed by atoms with Crippen LogP contribution in [0.1, 0.15) is 0 Å². The predicted octanol–water partition coefficient (Wildman–Crippen LogP) is -1.01. The number of nitrogens with zero attached hydrogens (tertiary/aromatic N) is 2. The lowest BCUT2D eigenvalue weighted by Crippen LogP contribution is -2.37. The minimum atomic E-state index is -3.36. The molecule has 0 aliphatic carbocycles. The quantitative estimate of drug-likeness (QED) is 0.700. The number of halogens is 1. The normalized spacial score (nSPS) is 12.0. The Morgan fingerprint density at radius 3 is 2.56 bits per heavy atom. The van der Waals surface area contributed by atoms with Crippen LogP contribution in [0.5, 0.6) is 0 Å². The number of aromatic nitrogens is 2. The Morgan fingerprint density at radius 2 is 2.06 bits per heavy atom. The first-order valence-electron chi connectivity index (χ1n) is 4.12. The van der Waals surface area contributed by atoms with Crippen LogP contribution in [-0.2, 0) is 16.7 Å². The van der Waals surface area contributed by atoms with E-state index in [4.69, 9.17) is 0 Å². The zero-order valence-corrected chi connectivity index (χ0v) is 11.6. The van der Waals surface area contributed by atoms with Gasteiger partial charge in [-0.25, -0.2) is 13.2 Å². The van der Waals surface area contributed by atoms with Gasteiger partial charge in [-0.15, -0.1) is 0 Å². The molecule has 0 bridgehead atoms. The highest BCUT2D eigenvalue weighted by Gasteiger charge is 2.12. The number of hydrogen-bond donors (Lipinski definition) is 1. The van der Waals surface area contributed by atoms with Gasteiger partial charge in [-0.3, -0.25) is 14.3 Å². The van der Waals surface area contributed by atoms with Crippen molar-refractivity contribution in [2.24, 2.45) is 0 Å². The van der Waals surface area contributed by atoms with Gasteiger partial charge in [0.2, 0.25) is 10.0 Å². The van der Waals surface area contributed by atoms with Gasteiger partial charge in [0, 0.05) is 13.2 Å². The van der Waals surface area contributed by atoms with Crippen molar-refractivity contribution in [2.45, 2.75) is 6.67 Å². The Morgan fingerprint density at radius 1 is 1.50 bits per heavy atom. The molecule has 0 unspecified atom stereocenters. The maximum atomic E-state index is 11.3. The van der Waals surface area contributed by atoms with Gasteiger partial charge in [-0.2, -0.15) is 4.31 Å². The molecule has 0 amide bonds. The second kappa shape index (κ2) is 4.67. The minimum Gasteiger partial charge on any atom is -0.285 e. The summed E-state index contributed by atoms with van der Waals surface area (Å²) in [6.07, 6.45) is 2.35. The van der Waals surface area contributed by atoms with E-state index in [1.807, 2.05) is 0 Å². The Bertz CT molecular complexity index is 603. The fourth-order valence-electron chi connectivity index (χ4n) is 0.907. The molecule has 0 saturated carbocycles. The molecule has 90 valence electrons. The molecule has 0 aliphatic rings. The van der Waals surface area contributed by atoms with Crippen LogP contribution in [0.3, 0.4) is 0 Å². The first-order valence-corrected chi connectivity index (χ1v) is 7.05. The smallest absolute Gasteiger partial charge is 0.285 e. The second-order valence-electron chi connectivity index (χ2n) is 3.21. The lowest BCUT2D eigenvalue weighted by atomic mass is 10.6. The summed E-state index contributed by atoms with van der Waals surface area (Å²) in [5.41, 5.74) is -1.12. The highest BCUT2D eigenvalue weighted by atomic mass is 127. The van der Waals surface area contributed by atoms with E-state index in [2.05, 4.69) is 4.98 Å². The van der Waals surface area contributed by atoms with Gasteiger partial charge in [0.1, 0.15) is 0 Å². The van der Waals surface area contributed by atoms with Crippen molar-refractivity contribution in [3.05, 3.63) is 30.6 Å². The van der Waals surface area contributed by atoms with E-state index in [-0.39, 0.29) is 6.67 Å². The van der Waals surface area contributed by atoms with Crippen LogP contribution in [0, 0.1) is 3.57 Å². The van der Waals surface area contributed by atoms with Crippen molar-refractivity contribution in [3.8, 4) is 0 Å². The van der Waals surface area contributed by atoms with Gasteiger partial charge in [0.05, 0.1) is 16.5 Å². The predicted molar refractivity (Wildman–Crippen MR) is 66.6 cm³/mol. The summed E-state index contributed by atoms with van der Waals surface area (Å²) in [6.45, 7) is -0.134. The Labute approximate surface area is 105 Å². The molecule has 0 aliphatic heterocycles. The second-order valence-corrected chi connectivity index (χ2v) is 6.46. The first kappa shape index (κ1) is 13.4. The molecular weight excluding hydrogens is 349 g/mol. The Kier molecular flexibility index (Phi) is 3.91. The largest absolute Gasteiger partial charge is 0.329 e. The first-order chi connectivity index (χ1) is 7.21. The Balaban J connectivity index is 3.13. The van der Waals surface area contributed by atoms with Crippen LogP contribution in [0.2, 0.25) is 0 Å². The van der Waals surface area contributed by atoms with Crippen LogP contribution in [-0.4, -0.2) is 35.6 Å². The molecule has 7 nitrogen and oxygen atoms in total. The van der Waals surface area contributed by atoms with Crippen molar-refractivity contribution in [2.75, 3.05) is 13.3 Å². The van der Waals surface area contributed by atoms with Gasteiger partial charge < -0.3 is 0 Å². The molecule has 1 heterocycles. The van der Waals surface area contributed by atoms with Crippen molar-refractivity contribution < 1.29 is 8.42 Å². The molecule has 1 N–H and O–H groups in total. The van der Waals surface area contributed by atoms with Crippen LogP contribution >= 0.6 is 22.6 Å². The highest BCUT2D eigenvalue weighted by molar-refractivity contribution is 14.1. The topological polar surface area (TPSA) is 92.2 Å². The number of H-pyrrole nitrogens is 1. The van der Waals surface area contributed by atoms with E-state index < -0.39 is 21.3 Å². The number of rotatable bonds is 3. The molecule has 1 aromatic rings. The zero-order chi connectivity index (χ0) is 12.5. The maximum absolute atomic E-state index is 11.3. The van der Waals surface area contributed by atoms with Crippen LogP contribution in [0.15, 0.2) is 15.8 Å². The molecule has 0 aromatic carbocycles. The SMILES string of the molecule is CN(Cn1cc(I)c(=O)[nH]c1=O)S(C)(=O)=O. The molecule has 1 rings (SSSR count). The van der Waals surface area contributed by atoms with Gasteiger partial charge in [0.15, 0.2) is 0 Å². The molecule has 0 spiro atoms. The van der Waals surface area contributed by atoms with Gasteiger partial charge in [0.25, 0.3) is 5.56 Å². The van der Waals surface area contributed by atoms with E-state index in [1.165, 1.54) is 13.2 Å². The van der Waals surface area contributed by atoms with E-state index in [9.17, 15) is 18.0 Å². The van der Waals surface area contributed by atoms with Crippen LogP contribution < -0.4 is 11.2 Å². The van der Waals surface area contributed by atoms with Crippen molar-refractivity contribution in [1.29, 1.82) is 0 Å². The summed E-state index contributed by atoms with van der Waals surface area (Å²) < 4.78 is 24.7. The number of aromatic amines is 1. The van der Waals surface area contributed by atoms with Crippen molar-refractivity contribution in [3.63, 3.8) is 0 Å². The lowest BCUT2D eigenvalue weighted by molar-refractivity contribution is 0.391. The highest BCUT2D eigenvalue weighted by Crippen LogP contribution is 1.97. The van der Waals surface area contributed by atoms with Gasteiger partial charge in [-0.05, 0) is 22.6 Å². The van der Waals surface area contributed by atoms with Gasteiger partial charge >= 0.3 is 5.69 Å². The third kappa shape index (κ3) is 3.15. The molecule has 0 radical (unpaired) electrons. The fourth-order valence-corrected chi connectivity index (χ4v) is 1.71. The third-order valence-electron chi connectivity index (χ3n) is 1.89. The molecule has 0 fully saturated rings. The standard InChI is InChI=1S/C7H10IN3O4S/c1-10(16(2,14)15)4-11-3-5(8)6(12)9-7(11)13/h3H,4H2,1-2H3,(H,9,12,13). The summed E-state index contributed by atoms with van der Waals surface area (Å²) in [5.74, 6) is 0. The average Bonchev–Trinajstić information content (AvgIpc) is 2.12. The molecule has 0 saturated heterocycles. The van der Waals surface area contributed by atoms with E-state index >= 15 is 0 Å². The number of nitrogens with one attached hydrogen (secondary N) is 1. The summed E-state index contributed by atoms with van der Waals surface area (Å²) in [6, 6.07) is 0. The summed E-state index contributed by atoms with van der Waals surface area (Å²) in [5, 5.41) is 0. The summed E-state index contributed by atoms with van der Waals surface area (Å²) in [4.78, 5) is 24.5.